The molecule has 1 aromatic carbocycles. The molecule has 4 heteroatoms. The number of carbonyl (C=O) groups is 1. The molecule has 4 nitrogen and oxygen atoms in total. The monoisotopic (exact) mass is 479 g/mol. The lowest BCUT2D eigenvalue weighted by molar-refractivity contribution is 0.112. The number of nitrogens with zero attached hydrogens (tertiary/aromatic N) is 3. The molecule has 0 unspecified atom stereocenters. The number of aliphatic imine (C=N–C) groups is 1. The van der Waals surface area contributed by atoms with Crippen molar-refractivity contribution in [3.63, 3.8) is 0 Å². The SMILES string of the molecule is C=C/C=C\C/C=C1\CN=C(CN(C)C(C)C)N1C(CCC)CCC.Cc1cc(C)c(C=O)c(C)c1. The van der Waals surface area contributed by atoms with Gasteiger partial charge in [-0.25, -0.2) is 0 Å². The van der Waals surface area contributed by atoms with E-state index < -0.39 is 0 Å². The van der Waals surface area contributed by atoms with Crippen LogP contribution in [-0.2, 0) is 0 Å². The third-order valence-electron chi connectivity index (χ3n) is 6.51. The Morgan fingerprint density at radius 1 is 1.11 bits per heavy atom. The molecule has 1 aliphatic rings. The summed E-state index contributed by atoms with van der Waals surface area (Å²) >= 11 is 0. The number of rotatable bonds is 12. The van der Waals surface area contributed by atoms with Gasteiger partial charge in [-0.05, 0) is 72.1 Å². The fourth-order valence-electron chi connectivity index (χ4n) is 4.46. The van der Waals surface area contributed by atoms with Crippen LogP contribution in [0.1, 0.15) is 86.8 Å². The molecule has 0 saturated heterocycles. The highest BCUT2D eigenvalue weighted by atomic mass is 16.1. The van der Waals surface area contributed by atoms with Gasteiger partial charge in [-0.1, -0.05) is 75.3 Å². The molecule has 0 aliphatic carbocycles. The molecule has 0 fully saturated rings. The summed E-state index contributed by atoms with van der Waals surface area (Å²) in [6, 6.07) is 5.17. The van der Waals surface area contributed by atoms with Gasteiger partial charge in [-0.2, -0.15) is 0 Å². The van der Waals surface area contributed by atoms with Crippen LogP contribution in [0, 0.1) is 20.8 Å². The lowest BCUT2D eigenvalue weighted by atomic mass is 10.0. The van der Waals surface area contributed by atoms with Crippen molar-refractivity contribution in [1.82, 2.24) is 9.80 Å². The summed E-state index contributed by atoms with van der Waals surface area (Å²) in [5, 5.41) is 0. The average Bonchev–Trinajstić information content (AvgIpc) is 3.18. The Balaban J connectivity index is 0.000000462. The third kappa shape index (κ3) is 9.97. The molecule has 0 bridgehead atoms. The molecule has 0 aromatic heterocycles. The van der Waals surface area contributed by atoms with Gasteiger partial charge >= 0.3 is 0 Å². The van der Waals surface area contributed by atoms with Gasteiger partial charge < -0.3 is 4.90 Å². The molecule has 0 N–H and O–H groups in total. The van der Waals surface area contributed by atoms with E-state index in [-0.39, 0.29) is 0 Å². The number of hydrogen-bond donors (Lipinski definition) is 0. The Morgan fingerprint density at radius 3 is 2.20 bits per heavy atom. The van der Waals surface area contributed by atoms with Crippen molar-refractivity contribution in [2.24, 2.45) is 4.99 Å². The molecule has 0 radical (unpaired) electrons. The highest BCUT2D eigenvalue weighted by Crippen LogP contribution is 2.25. The standard InChI is InChI=1S/C21H37N3.C10H12O/c1-7-10-11-12-15-20-16-22-21(17-23(6)18(4)5)24(20)19(13-8-2)14-9-3;1-7-4-8(2)10(6-11)9(3)5-7/h7,10-11,15,18-19H,1,8-9,12-14,16-17H2,2-6H3;4-6H,1-3H3/b11-10-,20-15+;. The van der Waals surface area contributed by atoms with Crippen LogP contribution in [0.25, 0.3) is 0 Å². The summed E-state index contributed by atoms with van der Waals surface area (Å²) in [5.41, 5.74) is 5.55. The van der Waals surface area contributed by atoms with Gasteiger partial charge in [0.05, 0.1) is 13.1 Å². The smallest absolute Gasteiger partial charge is 0.150 e. The number of carbonyl (C=O) groups excluding carboxylic acids is 1. The van der Waals surface area contributed by atoms with Crippen LogP contribution in [0.2, 0.25) is 0 Å². The highest BCUT2D eigenvalue weighted by molar-refractivity contribution is 5.88. The van der Waals surface area contributed by atoms with Gasteiger partial charge in [0.15, 0.2) is 6.29 Å². The summed E-state index contributed by atoms with van der Waals surface area (Å²) in [6.45, 7) is 20.5. The zero-order chi connectivity index (χ0) is 26.4. The van der Waals surface area contributed by atoms with Crippen LogP contribution >= 0.6 is 0 Å². The number of amidine groups is 1. The minimum Gasteiger partial charge on any atom is -0.328 e. The summed E-state index contributed by atoms with van der Waals surface area (Å²) in [4.78, 5) is 20.4. The topological polar surface area (TPSA) is 35.9 Å². The molecule has 2 rings (SSSR count). The van der Waals surface area contributed by atoms with Crippen molar-refractivity contribution in [2.45, 2.75) is 92.7 Å². The first-order valence-corrected chi connectivity index (χ1v) is 13.2. The van der Waals surface area contributed by atoms with Gasteiger partial charge in [-0.15, -0.1) is 0 Å². The molecule has 0 atom stereocenters. The molecule has 0 amide bonds. The van der Waals surface area contributed by atoms with Crippen LogP contribution in [0.3, 0.4) is 0 Å². The van der Waals surface area contributed by atoms with Crippen molar-refractivity contribution < 1.29 is 4.79 Å². The maximum absolute atomic E-state index is 10.6. The first-order valence-electron chi connectivity index (χ1n) is 13.2. The van der Waals surface area contributed by atoms with Crippen LogP contribution in [0.4, 0.5) is 0 Å². The van der Waals surface area contributed by atoms with E-state index in [0.29, 0.717) is 12.1 Å². The Morgan fingerprint density at radius 2 is 1.71 bits per heavy atom. The van der Waals surface area contributed by atoms with Gasteiger partial charge in [0, 0.05) is 23.3 Å². The molecule has 194 valence electrons. The molecular formula is C31H49N3O. The number of hydrogen-bond acceptors (Lipinski definition) is 4. The molecule has 1 aromatic rings. The highest BCUT2D eigenvalue weighted by Gasteiger charge is 2.29. The molecule has 0 saturated carbocycles. The predicted octanol–water partition coefficient (Wildman–Crippen LogP) is 7.45. The van der Waals surface area contributed by atoms with Gasteiger partial charge in [0.1, 0.15) is 5.84 Å². The zero-order valence-electron chi connectivity index (χ0n) is 23.6. The normalized spacial score (nSPS) is 14.8. The largest absolute Gasteiger partial charge is 0.328 e. The quantitative estimate of drug-likeness (QED) is 0.231. The number of likely N-dealkylation sites (N-methyl/N-ethyl adjacent to an activating group) is 1. The Hall–Kier alpha value is -2.46. The van der Waals surface area contributed by atoms with Crippen LogP contribution in [0.5, 0.6) is 0 Å². The number of aryl methyl sites for hydroxylation is 3. The first-order chi connectivity index (χ1) is 16.7. The van der Waals surface area contributed by atoms with E-state index in [9.17, 15) is 4.79 Å². The second-order valence-electron chi connectivity index (χ2n) is 9.87. The summed E-state index contributed by atoms with van der Waals surface area (Å²) < 4.78 is 0. The van der Waals surface area contributed by atoms with E-state index in [4.69, 9.17) is 4.99 Å². The van der Waals surface area contributed by atoms with Crippen LogP contribution in [-0.4, -0.2) is 54.1 Å². The minimum absolute atomic E-state index is 0.536. The van der Waals surface area contributed by atoms with Gasteiger partial charge in [-0.3, -0.25) is 14.7 Å². The number of aldehydes is 1. The zero-order valence-corrected chi connectivity index (χ0v) is 23.6. The minimum atomic E-state index is 0.536. The van der Waals surface area contributed by atoms with E-state index in [2.05, 4.69) is 63.3 Å². The van der Waals surface area contributed by atoms with Crippen molar-refractivity contribution in [3.8, 4) is 0 Å². The summed E-state index contributed by atoms with van der Waals surface area (Å²) in [5.74, 6) is 1.25. The summed E-state index contributed by atoms with van der Waals surface area (Å²) in [7, 11) is 2.19. The molecule has 1 heterocycles. The van der Waals surface area contributed by atoms with Crippen molar-refractivity contribution in [1.29, 1.82) is 0 Å². The van der Waals surface area contributed by atoms with E-state index in [0.717, 1.165) is 42.5 Å². The second-order valence-corrected chi connectivity index (χ2v) is 9.87. The first kappa shape index (κ1) is 30.6. The van der Waals surface area contributed by atoms with Crippen LogP contribution in [0.15, 0.2) is 53.7 Å². The lowest BCUT2D eigenvalue weighted by Gasteiger charge is -2.34. The van der Waals surface area contributed by atoms with E-state index >= 15 is 0 Å². The lowest BCUT2D eigenvalue weighted by Crippen LogP contribution is -2.43. The fourth-order valence-corrected chi connectivity index (χ4v) is 4.46. The Labute approximate surface area is 215 Å². The molecule has 1 aliphatic heterocycles. The summed E-state index contributed by atoms with van der Waals surface area (Å²) in [6.07, 6.45) is 15.1. The van der Waals surface area contributed by atoms with Gasteiger partial charge in [0.25, 0.3) is 0 Å². The number of allylic oxidation sites excluding steroid dienone is 4. The van der Waals surface area contributed by atoms with E-state index in [1.807, 2.05) is 45.1 Å². The second kappa shape index (κ2) is 16.3. The van der Waals surface area contributed by atoms with E-state index in [1.54, 1.807) is 0 Å². The van der Waals surface area contributed by atoms with Crippen LogP contribution < -0.4 is 0 Å². The third-order valence-corrected chi connectivity index (χ3v) is 6.51. The molecule has 35 heavy (non-hydrogen) atoms. The van der Waals surface area contributed by atoms with Gasteiger partial charge in [0.2, 0.25) is 0 Å². The average molecular weight is 480 g/mol. The predicted molar refractivity (Wildman–Crippen MR) is 154 cm³/mol. The molecule has 0 spiro atoms. The maximum Gasteiger partial charge on any atom is 0.150 e. The van der Waals surface area contributed by atoms with E-state index in [1.165, 1.54) is 42.8 Å². The maximum atomic E-state index is 10.6. The van der Waals surface area contributed by atoms with Crippen molar-refractivity contribution in [3.05, 3.63) is 71.0 Å². The Kier molecular flexibility index (Phi) is 14.2. The Bertz CT molecular complexity index is 865. The van der Waals surface area contributed by atoms with Crippen molar-refractivity contribution in [2.75, 3.05) is 20.1 Å². The fraction of sp³-hybridized carbons (Fsp3) is 0.548. The number of benzene rings is 1. The molecular weight excluding hydrogens is 430 g/mol. The van der Waals surface area contributed by atoms with Crippen molar-refractivity contribution >= 4 is 12.1 Å².